The van der Waals surface area contributed by atoms with Gasteiger partial charge in [0.05, 0.1) is 6.04 Å². The van der Waals surface area contributed by atoms with Crippen LogP contribution in [0.2, 0.25) is 5.02 Å². The van der Waals surface area contributed by atoms with Gasteiger partial charge in [-0.15, -0.1) is 0 Å². The molecular weight excluding hydrogens is 316 g/mol. The molecule has 1 heterocycles. The van der Waals surface area contributed by atoms with E-state index in [-0.39, 0.29) is 11.9 Å². The van der Waals surface area contributed by atoms with E-state index in [4.69, 9.17) is 11.6 Å². The van der Waals surface area contributed by atoms with Crippen LogP contribution in [0.1, 0.15) is 35.8 Å². The van der Waals surface area contributed by atoms with Gasteiger partial charge in [-0.2, -0.15) is 11.3 Å². The van der Waals surface area contributed by atoms with Crippen molar-refractivity contribution >= 4 is 28.8 Å². The average Bonchev–Trinajstić information content (AvgIpc) is 3.06. The Balaban J connectivity index is 2.15. The molecule has 0 saturated heterocycles. The summed E-state index contributed by atoms with van der Waals surface area (Å²) in [5, 5.41) is 7.53. The molecule has 2 aromatic rings. The fourth-order valence-electron chi connectivity index (χ4n) is 2.53. The minimum absolute atomic E-state index is 0.0366. The third kappa shape index (κ3) is 4.09. The number of amides is 1. The lowest BCUT2D eigenvalue weighted by Gasteiger charge is -2.30. The number of rotatable bonds is 7. The first kappa shape index (κ1) is 17.0. The minimum Gasteiger partial charge on any atom is -0.350 e. The maximum atomic E-state index is 12.2. The van der Waals surface area contributed by atoms with Crippen LogP contribution in [0.3, 0.4) is 0 Å². The Labute approximate surface area is 140 Å². The van der Waals surface area contributed by atoms with E-state index in [9.17, 15) is 4.79 Å². The molecule has 5 heteroatoms. The number of benzene rings is 1. The number of carbonyl (C=O) groups is 1. The van der Waals surface area contributed by atoms with Crippen molar-refractivity contribution in [3.8, 4) is 0 Å². The van der Waals surface area contributed by atoms with E-state index < -0.39 is 0 Å². The van der Waals surface area contributed by atoms with E-state index in [1.807, 2.05) is 41.1 Å². The number of thiophene rings is 1. The van der Waals surface area contributed by atoms with Gasteiger partial charge in [0, 0.05) is 22.5 Å². The van der Waals surface area contributed by atoms with Gasteiger partial charge in [0.1, 0.15) is 0 Å². The molecule has 1 aromatic heterocycles. The van der Waals surface area contributed by atoms with Gasteiger partial charge in [0.25, 0.3) is 5.91 Å². The number of nitrogens with zero attached hydrogens (tertiary/aromatic N) is 1. The predicted molar refractivity (Wildman–Crippen MR) is 93.8 cm³/mol. The monoisotopic (exact) mass is 336 g/mol. The summed E-state index contributed by atoms with van der Waals surface area (Å²) in [6.45, 7) is 6.59. The fraction of sp³-hybridized carbons (Fsp3) is 0.353. The fourth-order valence-corrected chi connectivity index (χ4v) is 3.43. The summed E-state index contributed by atoms with van der Waals surface area (Å²) in [5.74, 6) is -0.0366. The summed E-state index contributed by atoms with van der Waals surface area (Å²) in [6.07, 6.45) is 0. The van der Waals surface area contributed by atoms with E-state index in [1.54, 1.807) is 0 Å². The Morgan fingerprint density at radius 1 is 1.27 bits per heavy atom. The molecule has 1 aromatic carbocycles. The summed E-state index contributed by atoms with van der Waals surface area (Å²) in [4.78, 5) is 14.5. The van der Waals surface area contributed by atoms with Crippen molar-refractivity contribution in [1.82, 2.24) is 10.2 Å². The van der Waals surface area contributed by atoms with Gasteiger partial charge in [0.15, 0.2) is 0 Å². The molecule has 118 valence electrons. The number of hydrogen-bond donors (Lipinski definition) is 1. The van der Waals surface area contributed by atoms with Crippen LogP contribution in [-0.4, -0.2) is 30.4 Å². The Morgan fingerprint density at radius 3 is 2.59 bits per heavy atom. The third-order valence-electron chi connectivity index (χ3n) is 3.76. The number of halogens is 1. The standard InChI is InChI=1S/C17H21ClN2OS/c1-3-20(4-2)16(14-7-5-6-8-15(14)18)11-19-17(21)13-9-10-22-12-13/h5-10,12,16H,3-4,11H2,1-2H3,(H,19,21)/t16-/m1/s1. The predicted octanol–water partition coefficient (Wildman–Crippen LogP) is 4.21. The number of likely N-dealkylation sites (N-methyl/N-ethyl adjacent to an activating group) is 1. The van der Waals surface area contributed by atoms with E-state index in [2.05, 4.69) is 24.1 Å². The Hall–Kier alpha value is -1.36. The number of nitrogens with one attached hydrogen (secondary N) is 1. The van der Waals surface area contributed by atoms with E-state index >= 15 is 0 Å². The molecule has 0 bridgehead atoms. The molecule has 0 spiro atoms. The smallest absolute Gasteiger partial charge is 0.252 e. The maximum Gasteiger partial charge on any atom is 0.252 e. The third-order valence-corrected chi connectivity index (χ3v) is 4.78. The van der Waals surface area contributed by atoms with Crippen LogP contribution in [-0.2, 0) is 0 Å². The molecule has 0 radical (unpaired) electrons. The largest absolute Gasteiger partial charge is 0.350 e. The average molecular weight is 337 g/mol. The maximum absolute atomic E-state index is 12.2. The normalized spacial score (nSPS) is 12.4. The van der Waals surface area contributed by atoms with Crippen LogP contribution >= 0.6 is 22.9 Å². The summed E-state index contributed by atoms with van der Waals surface area (Å²) in [7, 11) is 0. The molecule has 0 unspecified atom stereocenters. The van der Waals surface area contributed by atoms with Crippen LogP contribution in [0.15, 0.2) is 41.1 Å². The Bertz CT molecular complexity index is 596. The van der Waals surface area contributed by atoms with Gasteiger partial charge in [-0.25, -0.2) is 0 Å². The van der Waals surface area contributed by atoms with E-state index in [1.165, 1.54) is 11.3 Å². The van der Waals surface area contributed by atoms with Crippen molar-refractivity contribution < 1.29 is 4.79 Å². The van der Waals surface area contributed by atoms with Gasteiger partial charge < -0.3 is 5.32 Å². The second-order valence-electron chi connectivity index (χ2n) is 4.98. The number of carbonyl (C=O) groups excluding carboxylic acids is 1. The van der Waals surface area contributed by atoms with Crippen LogP contribution in [0.4, 0.5) is 0 Å². The molecule has 1 amide bonds. The summed E-state index contributed by atoms with van der Waals surface area (Å²) >= 11 is 7.88. The molecule has 0 aliphatic rings. The van der Waals surface area contributed by atoms with Gasteiger partial charge >= 0.3 is 0 Å². The minimum atomic E-state index is -0.0366. The van der Waals surface area contributed by atoms with Gasteiger partial charge in [-0.3, -0.25) is 9.69 Å². The molecule has 1 atom stereocenters. The van der Waals surface area contributed by atoms with Crippen molar-refractivity contribution in [3.05, 3.63) is 57.2 Å². The molecule has 1 N–H and O–H groups in total. The highest BCUT2D eigenvalue weighted by atomic mass is 35.5. The highest BCUT2D eigenvalue weighted by Crippen LogP contribution is 2.27. The van der Waals surface area contributed by atoms with Crippen LogP contribution < -0.4 is 5.32 Å². The highest BCUT2D eigenvalue weighted by molar-refractivity contribution is 7.08. The zero-order chi connectivity index (χ0) is 15.9. The molecule has 0 fully saturated rings. The van der Waals surface area contributed by atoms with Gasteiger partial charge in [0.2, 0.25) is 0 Å². The first-order chi connectivity index (χ1) is 10.7. The van der Waals surface area contributed by atoms with Crippen LogP contribution in [0.5, 0.6) is 0 Å². The van der Waals surface area contributed by atoms with Crippen molar-refractivity contribution in [2.75, 3.05) is 19.6 Å². The molecule has 22 heavy (non-hydrogen) atoms. The summed E-state index contributed by atoms with van der Waals surface area (Å²) < 4.78 is 0. The molecule has 0 saturated carbocycles. The SMILES string of the molecule is CCN(CC)[C@H](CNC(=O)c1ccsc1)c1ccccc1Cl. The van der Waals surface area contributed by atoms with Crippen LogP contribution in [0.25, 0.3) is 0 Å². The zero-order valence-corrected chi connectivity index (χ0v) is 14.5. The quantitative estimate of drug-likeness (QED) is 0.821. The zero-order valence-electron chi connectivity index (χ0n) is 12.9. The van der Waals surface area contributed by atoms with E-state index in [0.717, 1.165) is 23.7 Å². The first-order valence-electron chi connectivity index (χ1n) is 7.46. The highest BCUT2D eigenvalue weighted by Gasteiger charge is 2.21. The summed E-state index contributed by atoms with van der Waals surface area (Å²) in [6, 6.07) is 9.75. The molecule has 3 nitrogen and oxygen atoms in total. The second kappa shape index (κ2) is 8.32. The Morgan fingerprint density at radius 2 is 2.00 bits per heavy atom. The topological polar surface area (TPSA) is 32.3 Å². The van der Waals surface area contributed by atoms with Crippen molar-refractivity contribution in [2.24, 2.45) is 0 Å². The Kier molecular flexibility index (Phi) is 6.43. The second-order valence-corrected chi connectivity index (χ2v) is 6.17. The van der Waals surface area contributed by atoms with Crippen molar-refractivity contribution in [2.45, 2.75) is 19.9 Å². The molecule has 0 aliphatic carbocycles. The lowest BCUT2D eigenvalue weighted by atomic mass is 10.0. The van der Waals surface area contributed by atoms with Gasteiger partial charge in [-0.05, 0) is 36.2 Å². The lowest BCUT2D eigenvalue weighted by molar-refractivity contribution is 0.0935. The van der Waals surface area contributed by atoms with Crippen molar-refractivity contribution in [3.63, 3.8) is 0 Å². The van der Waals surface area contributed by atoms with E-state index in [0.29, 0.717) is 12.1 Å². The lowest BCUT2D eigenvalue weighted by Crippen LogP contribution is -2.38. The molecule has 0 aliphatic heterocycles. The molecular formula is C17H21ClN2OS. The molecule has 2 rings (SSSR count). The number of hydrogen-bond acceptors (Lipinski definition) is 3. The van der Waals surface area contributed by atoms with Gasteiger partial charge in [-0.1, -0.05) is 43.6 Å². The van der Waals surface area contributed by atoms with Crippen molar-refractivity contribution in [1.29, 1.82) is 0 Å². The first-order valence-corrected chi connectivity index (χ1v) is 8.78. The van der Waals surface area contributed by atoms with Crippen LogP contribution in [0, 0.1) is 0 Å². The summed E-state index contributed by atoms with van der Waals surface area (Å²) in [5.41, 5.74) is 1.76.